The molecule has 2 aromatic heterocycles. The van der Waals surface area contributed by atoms with E-state index in [4.69, 9.17) is 0 Å². The van der Waals surface area contributed by atoms with Crippen molar-refractivity contribution >= 4 is 39.5 Å². The minimum absolute atomic E-state index is 0.0323. The largest absolute Gasteiger partial charge is 0.279 e. The molecule has 4 aromatic rings. The minimum atomic E-state index is -0.286. The van der Waals surface area contributed by atoms with Crippen LogP contribution in [0.4, 0.5) is 0 Å². The first kappa shape index (κ1) is 14.9. The van der Waals surface area contributed by atoms with E-state index in [1.165, 1.54) is 11.8 Å². The fourth-order valence-electron chi connectivity index (χ4n) is 2.90. The van der Waals surface area contributed by atoms with Crippen LogP contribution in [0.3, 0.4) is 0 Å². The number of para-hydroxylation sites is 2. The number of carbonyl (C=O) groups excluding carboxylic acids is 1. The molecule has 24 heavy (non-hydrogen) atoms. The first-order valence-corrected chi connectivity index (χ1v) is 8.60. The van der Waals surface area contributed by atoms with Crippen LogP contribution in [0.15, 0.2) is 72.1 Å². The lowest BCUT2D eigenvalue weighted by atomic mass is 10.2. The van der Waals surface area contributed by atoms with Crippen molar-refractivity contribution in [3.63, 3.8) is 0 Å². The number of aromatic nitrogens is 3. The molecule has 0 saturated carbocycles. The molecule has 4 rings (SSSR count). The molecule has 0 fully saturated rings. The summed E-state index contributed by atoms with van der Waals surface area (Å²) in [5.74, 6) is 0.0323. The van der Waals surface area contributed by atoms with Gasteiger partial charge in [0.15, 0.2) is 5.16 Å². The van der Waals surface area contributed by atoms with Gasteiger partial charge in [-0.3, -0.25) is 9.36 Å². The van der Waals surface area contributed by atoms with Gasteiger partial charge in [-0.15, -0.1) is 0 Å². The van der Waals surface area contributed by atoms with Gasteiger partial charge < -0.3 is 0 Å². The van der Waals surface area contributed by atoms with Crippen LogP contribution in [0.2, 0.25) is 0 Å². The fourth-order valence-corrected chi connectivity index (χ4v) is 3.66. The molecule has 0 aliphatic carbocycles. The molecule has 5 heteroatoms. The lowest BCUT2D eigenvalue weighted by molar-refractivity contribution is 0.0925. The van der Waals surface area contributed by atoms with Gasteiger partial charge in [0, 0.05) is 23.2 Å². The quantitative estimate of drug-likeness (QED) is 0.412. The molecular formula is C19H15N3OS. The maximum atomic E-state index is 13.1. The van der Waals surface area contributed by atoms with E-state index in [0.29, 0.717) is 5.16 Å². The van der Waals surface area contributed by atoms with E-state index in [9.17, 15) is 4.79 Å². The average Bonchev–Trinajstić information content (AvgIpc) is 2.96. The van der Waals surface area contributed by atoms with Gasteiger partial charge in [-0.1, -0.05) is 48.2 Å². The van der Waals surface area contributed by atoms with Crippen LogP contribution in [0.5, 0.6) is 0 Å². The molecule has 118 valence electrons. The number of benzene rings is 2. The summed E-state index contributed by atoms with van der Waals surface area (Å²) < 4.78 is 1.81. The predicted molar refractivity (Wildman–Crippen MR) is 97.4 cm³/mol. The molecule has 0 unspecified atom stereocenters. The third-order valence-corrected chi connectivity index (χ3v) is 4.95. The summed E-state index contributed by atoms with van der Waals surface area (Å²) >= 11 is 1.37. The summed E-state index contributed by atoms with van der Waals surface area (Å²) in [6.45, 7) is 1.90. The lowest BCUT2D eigenvalue weighted by Crippen LogP contribution is -2.21. The van der Waals surface area contributed by atoms with E-state index in [1.807, 2.05) is 47.9 Å². The summed E-state index contributed by atoms with van der Waals surface area (Å²) in [5.41, 5.74) is 1.87. The molecule has 2 heterocycles. The summed E-state index contributed by atoms with van der Waals surface area (Å²) in [4.78, 5) is 21.5. The Hall–Kier alpha value is -2.66. The standard InChI is InChI=1S/C19H15N3OS/c1-13(24-19-20-11-6-12-21-19)18(23)22-16-9-4-2-7-14(16)15-8-3-5-10-17(15)22/h2-13H,1H3/t13-/m0/s1. The molecule has 0 radical (unpaired) electrons. The van der Waals surface area contributed by atoms with E-state index in [1.54, 1.807) is 18.5 Å². The van der Waals surface area contributed by atoms with Gasteiger partial charge in [0.25, 0.3) is 0 Å². The number of nitrogens with zero attached hydrogens (tertiary/aromatic N) is 3. The molecular weight excluding hydrogens is 318 g/mol. The van der Waals surface area contributed by atoms with Gasteiger partial charge in [0.2, 0.25) is 5.91 Å². The molecule has 0 amide bonds. The van der Waals surface area contributed by atoms with Crippen molar-refractivity contribution in [3.8, 4) is 0 Å². The highest BCUT2D eigenvalue weighted by atomic mass is 32.2. The SMILES string of the molecule is C[C@H](Sc1ncccn1)C(=O)n1c2ccccc2c2ccccc21. The molecule has 0 bridgehead atoms. The second kappa shape index (κ2) is 6.09. The molecule has 0 saturated heterocycles. The summed E-state index contributed by atoms with van der Waals surface area (Å²) in [5, 5.41) is 2.51. The maximum absolute atomic E-state index is 13.1. The van der Waals surface area contributed by atoms with Crippen LogP contribution < -0.4 is 0 Å². The van der Waals surface area contributed by atoms with Gasteiger partial charge in [-0.05, 0) is 25.1 Å². The second-order valence-electron chi connectivity index (χ2n) is 5.50. The van der Waals surface area contributed by atoms with Crippen molar-refractivity contribution in [2.75, 3.05) is 0 Å². The molecule has 0 aliphatic heterocycles. The van der Waals surface area contributed by atoms with Gasteiger partial charge in [0.1, 0.15) is 0 Å². The third kappa shape index (κ3) is 2.47. The van der Waals surface area contributed by atoms with Crippen molar-refractivity contribution in [1.29, 1.82) is 0 Å². The summed E-state index contributed by atoms with van der Waals surface area (Å²) in [7, 11) is 0. The molecule has 4 nitrogen and oxygen atoms in total. The fraction of sp³-hybridized carbons (Fsp3) is 0.105. The Morgan fingerprint density at radius 1 is 0.917 bits per heavy atom. The predicted octanol–water partition coefficient (Wildman–Crippen LogP) is 4.41. The molecule has 0 N–H and O–H groups in total. The Kier molecular flexibility index (Phi) is 3.78. The van der Waals surface area contributed by atoms with Crippen LogP contribution in [0.25, 0.3) is 21.8 Å². The number of thioether (sulfide) groups is 1. The first-order chi connectivity index (χ1) is 11.8. The van der Waals surface area contributed by atoms with Crippen LogP contribution in [0, 0.1) is 0 Å². The van der Waals surface area contributed by atoms with Gasteiger partial charge in [-0.25, -0.2) is 9.97 Å². The average molecular weight is 333 g/mol. The normalized spacial score (nSPS) is 12.5. The van der Waals surface area contributed by atoms with Gasteiger partial charge in [0.05, 0.1) is 16.3 Å². The number of hydrogen-bond donors (Lipinski definition) is 0. The zero-order valence-electron chi connectivity index (χ0n) is 13.1. The Bertz CT molecular complexity index is 973. The molecule has 0 spiro atoms. The van der Waals surface area contributed by atoms with E-state index in [-0.39, 0.29) is 11.2 Å². The van der Waals surface area contributed by atoms with Crippen LogP contribution >= 0.6 is 11.8 Å². The molecule has 2 aromatic carbocycles. The summed E-state index contributed by atoms with van der Waals surface area (Å²) in [6.07, 6.45) is 3.37. The Morgan fingerprint density at radius 2 is 1.46 bits per heavy atom. The maximum Gasteiger partial charge on any atom is 0.244 e. The van der Waals surface area contributed by atoms with E-state index >= 15 is 0 Å². The zero-order chi connectivity index (χ0) is 16.5. The topological polar surface area (TPSA) is 47.8 Å². The second-order valence-corrected chi connectivity index (χ2v) is 6.81. The number of rotatable bonds is 3. The van der Waals surface area contributed by atoms with Crippen LogP contribution in [-0.2, 0) is 0 Å². The number of fused-ring (bicyclic) bond motifs is 3. The van der Waals surface area contributed by atoms with E-state index in [0.717, 1.165) is 21.8 Å². The van der Waals surface area contributed by atoms with Crippen molar-refractivity contribution < 1.29 is 4.79 Å². The number of hydrogen-bond acceptors (Lipinski definition) is 4. The van der Waals surface area contributed by atoms with Gasteiger partial charge in [-0.2, -0.15) is 0 Å². The van der Waals surface area contributed by atoms with E-state index < -0.39 is 0 Å². The van der Waals surface area contributed by atoms with Crippen molar-refractivity contribution in [1.82, 2.24) is 14.5 Å². The van der Waals surface area contributed by atoms with Crippen LogP contribution in [-0.4, -0.2) is 25.7 Å². The van der Waals surface area contributed by atoms with Crippen molar-refractivity contribution in [3.05, 3.63) is 67.0 Å². The monoisotopic (exact) mass is 333 g/mol. The molecule has 0 aliphatic rings. The first-order valence-electron chi connectivity index (χ1n) is 7.72. The minimum Gasteiger partial charge on any atom is -0.279 e. The Morgan fingerprint density at radius 3 is 2.04 bits per heavy atom. The summed E-state index contributed by atoms with van der Waals surface area (Å²) in [6, 6.07) is 17.8. The van der Waals surface area contributed by atoms with Gasteiger partial charge >= 0.3 is 0 Å². The highest BCUT2D eigenvalue weighted by Crippen LogP contribution is 2.30. The Balaban J connectivity index is 1.81. The third-order valence-electron chi connectivity index (χ3n) is 3.97. The highest BCUT2D eigenvalue weighted by molar-refractivity contribution is 8.00. The van der Waals surface area contributed by atoms with Crippen LogP contribution in [0.1, 0.15) is 11.7 Å². The smallest absolute Gasteiger partial charge is 0.244 e. The zero-order valence-corrected chi connectivity index (χ0v) is 13.9. The Labute approximate surface area is 143 Å². The number of carbonyl (C=O) groups is 1. The highest BCUT2D eigenvalue weighted by Gasteiger charge is 2.22. The molecule has 1 atom stereocenters. The van der Waals surface area contributed by atoms with Crippen molar-refractivity contribution in [2.24, 2.45) is 0 Å². The van der Waals surface area contributed by atoms with E-state index in [2.05, 4.69) is 22.1 Å². The van der Waals surface area contributed by atoms with Crippen molar-refractivity contribution in [2.45, 2.75) is 17.3 Å². The lowest BCUT2D eigenvalue weighted by Gasteiger charge is -2.12.